The fourth-order valence-corrected chi connectivity index (χ4v) is 2.94. The summed E-state index contributed by atoms with van der Waals surface area (Å²) in [6.45, 7) is 0. The van der Waals surface area contributed by atoms with Crippen LogP contribution in [0.1, 0.15) is 20.7 Å². The van der Waals surface area contributed by atoms with Crippen molar-refractivity contribution in [1.82, 2.24) is 0 Å². The van der Waals surface area contributed by atoms with Crippen LogP contribution in [-0.4, -0.2) is 11.9 Å². The van der Waals surface area contributed by atoms with Gasteiger partial charge in [-0.2, -0.15) is 0 Å². The molecule has 4 nitrogen and oxygen atoms in total. The third kappa shape index (κ3) is 3.25. The van der Waals surface area contributed by atoms with Crippen molar-refractivity contribution in [1.29, 1.82) is 0 Å². The lowest BCUT2D eigenvalue weighted by Crippen LogP contribution is -2.23. The van der Waals surface area contributed by atoms with Crippen LogP contribution >= 0.6 is 11.6 Å². The van der Waals surface area contributed by atoms with Crippen molar-refractivity contribution in [3.8, 4) is 22.3 Å². The van der Waals surface area contributed by atoms with Crippen LogP contribution in [0.15, 0.2) is 66.7 Å². The molecule has 25 heavy (non-hydrogen) atoms. The maximum atomic E-state index is 11.5. The van der Waals surface area contributed by atoms with E-state index in [0.29, 0.717) is 27.3 Å². The molecule has 3 aromatic rings. The molecular formula is C20H11ClO4-2. The zero-order valence-corrected chi connectivity index (χ0v) is 13.6. The highest BCUT2D eigenvalue weighted by atomic mass is 35.5. The zero-order chi connectivity index (χ0) is 18.0. The van der Waals surface area contributed by atoms with Gasteiger partial charge in [0.1, 0.15) is 0 Å². The summed E-state index contributed by atoms with van der Waals surface area (Å²) in [5, 5.41) is 23.3. The predicted octanol–water partition coefficient (Wildman–Crippen LogP) is 2.40. The van der Waals surface area contributed by atoms with Gasteiger partial charge in [-0.15, -0.1) is 0 Å². The third-order valence-electron chi connectivity index (χ3n) is 3.86. The summed E-state index contributed by atoms with van der Waals surface area (Å²) in [5.41, 5.74) is 1.86. The SMILES string of the molecule is O=C([O-])c1ccccc1-c1ccc(Cl)cc1-c1ccccc1C(=O)[O-]. The maximum Gasteiger partial charge on any atom is 0.0721 e. The van der Waals surface area contributed by atoms with Crippen LogP contribution in [-0.2, 0) is 0 Å². The second kappa shape index (κ2) is 6.79. The molecular weight excluding hydrogens is 340 g/mol. The lowest BCUT2D eigenvalue weighted by atomic mass is 9.90. The van der Waals surface area contributed by atoms with Crippen molar-refractivity contribution >= 4 is 23.5 Å². The van der Waals surface area contributed by atoms with Crippen molar-refractivity contribution in [3.05, 3.63) is 82.9 Å². The maximum absolute atomic E-state index is 11.5. The van der Waals surface area contributed by atoms with E-state index in [9.17, 15) is 19.8 Å². The van der Waals surface area contributed by atoms with E-state index in [-0.39, 0.29) is 11.1 Å². The van der Waals surface area contributed by atoms with Gasteiger partial charge in [0.25, 0.3) is 0 Å². The summed E-state index contributed by atoms with van der Waals surface area (Å²) < 4.78 is 0. The Morgan fingerprint density at radius 2 is 1.12 bits per heavy atom. The summed E-state index contributed by atoms with van der Waals surface area (Å²) in [6.07, 6.45) is 0. The van der Waals surface area contributed by atoms with Crippen LogP contribution in [0.5, 0.6) is 0 Å². The number of hydrogen-bond acceptors (Lipinski definition) is 4. The van der Waals surface area contributed by atoms with E-state index >= 15 is 0 Å². The number of hydrogen-bond donors (Lipinski definition) is 0. The van der Waals surface area contributed by atoms with E-state index in [1.807, 2.05) is 0 Å². The third-order valence-corrected chi connectivity index (χ3v) is 4.09. The van der Waals surface area contributed by atoms with E-state index < -0.39 is 11.9 Å². The monoisotopic (exact) mass is 350 g/mol. The largest absolute Gasteiger partial charge is 0.545 e. The Bertz CT molecular complexity index is 979. The molecule has 0 aliphatic carbocycles. The molecule has 124 valence electrons. The molecule has 0 unspecified atom stereocenters. The molecule has 0 saturated carbocycles. The van der Waals surface area contributed by atoms with Gasteiger partial charge >= 0.3 is 0 Å². The Labute approximate surface area is 148 Å². The molecule has 0 N–H and O–H groups in total. The highest BCUT2D eigenvalue weighted by Crippen LogP contribution is 2.37. The summed E-state index contributed by atoms with van der Waals surface area (Å²) in [4.78, 5) is 22.9. The predicted molar refractivity (Wildman–Crippen MR) is 91.0 cm³/mol. The van der Waals surface area contributed by atoms with Gasteiger partial charge in [-0.3, -0.25) is 0 Å². The topological polar surface area (TPSA) is 80.3 Å². The van der Waals surface area contributed by atoms with Crippen molar-refractivity contribution < 1.29 is 19.8 Å². The standard InChI is InChI=1S/C20H13ClO4/c21-12-9-10-15(13-5-1-3-7-16(13)19(22)23)18(11-12)14-6-2-4-8-17(14)20(24)25/h1-11H,(H,22,23)(H,24,25)/p-2. The molecule has 0 saturated heterocycles. The van der Waals surface area contributed by atoms with Gasteiger partial charge in [0.15, 0.2) is 0 Å². The molecule has 0 heterocycles. The number of benzene rings is 3. The Hall–Kier alpha value is -3.11. The summed E-state index contributed by atoms with van der Waals surface area (Å²) in [5.74, 6) is -2.64. The van der Waals surface area contributed by atoms with E-state index in [0.717, 1.165) is 0 Å². The van der Waals surface area contributed by atoms with Crippen LogP contribution in [0.2, 0.25) is 5.02 Å². The van der Waals surface area contributed by atoms with Crippen LogP contribution in [0.3, 0.4) is 0 Å². The number of carboxylic acid groups (broad SMARTS) is 2. The van der Waals surface area contributed by atoms with E-state index in [4.69, 9.17) is 11.6 Å². The van der Waals surface area contributed by atoms with Crippen LogP contribution in [0, 0.1) is 0 Å². The quantitative estimate of drug-likeness (QED) is 0.723. The molecule has 0 spiro atoms. The second-order valence-electron chi connectivity index (χ2n) is 5.36. The molecule has 0 aliphatic heterocycles. The molecule has 0 amide bonds. The van der Waals surface area contributed by atoms with E-state index in [2.05, 4.69) is 0 Å². The van der Waals surface area contributed by atoms with E-state index in [1.54, 1.807) is 54.6 Å². The fourth-order valence-electron chi connectivity index (χ4n) is 2.77. The first kappa shape index (κ1) is 16.7. The summed E-state index contributed by atoms with van der Waals surface area (Å²) in [6, 6.07) is 17.6. The average Bonchev–Trinajstić information content (AvgIpc) is 2.61. The first-order valence-corrected chi connectivity index (χ1v) is 7.78. The molecule has 0 aromatic heterocycles. The number of carboxylic acids is 2. The Balaban J connectivity index is 2.33. The molecule has 3 aromatic carbocycles. The molecule has 0 atom stereocenters. The number of rotatable bonds is 4. The molecule has 5 heteroatoms. The molecule has 0 fully saturated rings. The highest BCUT2D eigenvalue weighted by Gasteiger charge is 2.15. The zero-order valence-electron chi connectivity index (χ0n) is 12.9. The molecule has 3 rings (SSSR count). The second-order valence-corrected chi connectivity index (χ2v) is 5.79. The Kier molecular flexibility index (Phi) is 4.55. The number of carbonyl (C=O) groups is 2. The fraction of sp³-hybridized carbons (Fsp3) is 0. The Morgan fingerprint density at radius 3 is 1.64 bits per heavy atom. The van der Waals surface area contributed by atoms with Crippen molar-refractivity contribution in [2.45, 2.75) is 0 Å². The van der Waals surface area contributed by atoms with Gasteiger partial charge in [0.05, 0.1) is 11.9 Å². The van der Waals surface area contributed by atoms with Gasteiger partial charge < -0.3 is 19.8 Å². The number of halogens is 1. The smallest absolute Gasteiger partial charge is 0.0721 e. The van der Waals surface area contributed by atoms with Crippen LogP contribution < -0.4 is 10.2 Å². The van der Waals surface area contributed by atoms with Crippen LogP contribution in [0.25, 0.3) is 22.3 Å². The number of carbonyl (C=O) groups excluding carboxylic acids is 2. The average molecular weight is 351 g/mol. The minimum Gasteiger partial charge on any atom is -0.545 e. The Morgan fingerprint density at radius 1 is 0.640 bits per heavy atom. The molecule has 0 aliphatic rings. The minimum atomic E-state index is -1.32. The lowest BCUT2D eigenvalue weighted by molar-refractivity contribution is -0.256. The highest BCUT2D eigenvalue weighted by molar-refractivity contribution is 6.31. The van der Waals surface area contributed by atoms with Crippen LogP contribution in [0.4, 0.5) is 0 Å². The summed E-state index contributed by atoms with van der Waals surface area (Å²) >= 11 is 6.10. The first-order valence-electron chi connectivity index (χ1n) is 7.40. The van der Waals surface area contributed by atoms with Gasteiger partial charge in [-0.25, -0.2) is 0 Å². The van der Waals surface area contributed by atoms with E-state index in [1.165, 1.54) is 12.1 Å². The van der Waals surface area contributed by atoms with Gasteiger partial charge in [0, 0.05) is 16.1 Å². The van der Waals surface area contributed by atoms with Gasteiger partial charge in [-0.1, -0.05) is 66.2 Å². The molecule has 0 radical (unpaired) electrons. The first-order chi connectivity index (χ1) is 12.0. The molecule has 0 bridgehead atoms. The van der Waals surface area contributed by atoms with Crippen molar-refractivity contribution in [3.63, 3.8) is 0 Å². The van der Waals surface area contributed by atoms with Crippen molar-refractivity contribution in [2.24, 2.45) is 0 Å². The lowest BCUT2D eigenvalue weighted by Gasteiger charge is -2.17. The van der Waals surface area contributed by atoms with Gasteiger partial charge in [-0.05, 0) is 34.4 Å². The minimum absolute atomic E-state index is 0.00283. The summed E-state index contributed by atoms with van der Waals surface area (Å²) in [7, 11) is 0. The van der Waals surface area contributed by atoms with Gasteiger partial charge in [0.2, 0.25) is 0 Å². The van der Waals surface area contributed by atoms with Crippen molar-refractivity contribution in [2.75, 3.05) is 0 Å². The normalized spacial score (nSPS) is 10.4. The number of aromatic carboxylic acids is 2.